The molecule has 1 aliphatic rings. The van der Waals surface area contributed by atoms with Gasteiger partial charge in [0, 0.05) is 10.6 Å². The molecule has 4 nitrogen and oxygen atoms in total. The van der Waals surface area contributed by atoms with Crippen molar-refractivity contribution in [2.45, 2.75) is 13.8 Å². The topological polar surface area (TPSA) is 49.4 Å². The second-order valence-corrected chi connectivity index (χ2v) is 7.38. The molecule has 0 spiro atoms. The first-order valence-electron chi connectivity index (χ1n) is 8.62. The number of hydrogen-bond acceptors (Lipinski definition) is 4. The highest BCUT2D eigenvalue weighted by Crippen LogP contribution is 2.35. The van der Waals surface area contributed by atoms with Gasteiger partial charge in [0.25, 0.3) is 11.8 Å². The van der Waals surface area contributed by atoms with E-state index in [1.165, 1.54) is 16.2 Å². The minimum atomic E-state index is -0.337. The van der Waals surface area contributed by atoms with Crippen molar-refractivity contribution in [1.29, 1.82) is 0 Å². The molecular formula is C22H18N2O2S. The van der Waals surface area contributed by atoms with Crippen LogP contribution < -0.4 is 10.2 Å². The lowest BCUT2D eigenvalue weighted by molar-refractivity contribution is -0.120. The van der Waals surface area contributed by atoms with Crippen molar-refractivity contribution in [3.05, 3.63) is 87.7 Å². The molecule has 0 radical (unpaired) electrons. The number of carbonyl (C=O) groups excluding carboxylic acids is 2. The van der Waals surface area contributed by atoms with Crippen molar-refractivity contribution >= 4 is 40.1 Å². The van der Waals surface area contributed by atoms with Crippen molar-refractivity contribution < 1.29 is 9.59 Å². The number of amides is 2. The number of benzene rings is 2. The van der Waals surface area contributed by atoms with Crippen LogP contribution in [-0.2, 0) is 9.59 Å². The van der Waals surface area contributed by atoms with E-state index in [0.29, 0.717) is 17.0 Å². The Morgan fingerprint density at radius 3 is 2.30 bits per heavy atom. The molecule has 134 valence electrons. The van der Waals surface area contributed by atoms with E-state index in [-0.39, 0.29) is 11.8 Å². The van der Waals surface area contributed by atoms with Crippen LogP contribution in [0.15, 0.2) is 71.7 Å². The molecule has 0 bridgehead atoms. The van der Waals surface area contributed by atoms with Gasteiger partial charge in [0.2, 0.25) is 0 Å². The molecule has 0 fully saturated rings. The monoisotopic (exact) mass is 374 g/mol. The van der Waals surface area contributed by atoms with Gasteiger partial charge in [-0.25, -0.2) is 4.90 Å². The maximum atomic E-state index is 13.2. The Labute approximate surface area is 161 Å². The van der Waals surface area contributed by atoms with Gasteiger partial charge in [0.1, 0.15) is 5.70 Å². The van der Waals surface area contributed by atoms with Gasteiger partial charge in [-0.2, -0.15) is 0 Å². The molecule has 1 aromatic heterocycles. The Morgan fingerprint density at radius 1 is 0.852 bits per heavy atom. The lowest BCUT2D eigenvalue weighted by Gasteiger charge is -2.16. The zero-order valence-corrected chi connectivity index (χ0v) is 15.8. The summed E-state index contributed by atoms with van der Waals surface area (Å²) in [7, 11) is 0. The minimum absolute atomic E-state index is 0.302. The second-order valence-electron chi connectivity index (χ2n) is 6.43. The summed E-state index contributed by atoms with van der Waals surface area (Å²) >= 11 is 1.45. The van der Waals surface area contributed by atoms with Crippen molar-refractivity contribution in [2.24, 2.45) is 0 Å². The zero-order valence-electron chi connectivity index (χ0n) is 15.0. The van der Waals surface area contributed by atoms with Crippen molar-refractivity contribution in [2.75, 3.05) is 10.2 Å². The molecule has 1 aliphatic heterocycles. The van der Waals surface area contributed by atoms with Crippen molar-refractivity contribution in [1.82, 2.24) is 0 Å². The molecule has 0 saturated heterocycles. The molecule has 0 atom stereocenters. The maximum Gasteiger partial charge on any atom is 0.282 e. The van der Waals surface area contributed by atoms with Crippen LogP contribution in [0, 0.1) is 13.8 Å². The van der Waals surface area contributed by atoms with Crippen LogP contribution in [0.25, 0.3) is 5.57 Å². The third-order valence-electron chi connectivity index (χ3n) is 4.64. The average Bonchev–Trinajstić information content (AvgIpc) is 3.26. The Bertz CT molecular complexity index is 1050. The molecule has 1 N–H and O–H groups in total. The van der Waals surface area contributed by atoms with E-state index >= 15 is 0 Å². The molecule has 0 unspecified atom stereocenters. The second kappa shape index (κ2) is 6.85. The first kappa shape index (κ1) is 17.2. The Morgan fingerprint density at radius 2 is 1.63 bits per heavy atom. The molecule has 4 rings (SSSR count). The molecule has 0 saturated carbocycles. The maximum absolute atomic E-state index is 13.2. The standard InChI is InChI=1S/C22H18N2O2S/c1-14-10-11-17(13-15(14)2)24-21(25)19(18-9-6-12-27-18)20(22(24)26)23-16-7-4-3-5-8-16/h3-13,23H,1-2H3. The average molecular weight is 374 g/mol. The number of nitrogens with zero attached hydrogens (tertiary/aromatic N) is 1. The highest BCUT2D eigenvalue weighted by atomic mass is 32.1. The third kappa shape index (κ3) is 3.06. The highest BCUT2D eigenvalue weighted by molar-refractivity contribution is 7.11. The summed E-state index contributed by atoms with van der Waals surface area (Å²) in [4.78, 5) is 28.5. The SMILES string of the molecule is Cc1ccc(N2C(=O)C(Nc3ccccc3)=C(c3cccs3)C2=O)cc1C. The van der Waals surface area contributed by atoms with Gasteiger partial charge in [0.05, 0.1) is 11.3 Å². The number of para-hydroxylation sites is 1. The molecule has 2 aromatic carbocycles. The number of thiophene rings is 1. The molecule has 2 heterocycles. The number of nitrogens with one attached hydrogen (secondary N) is 1. The summed E-state index contributed by atoms with van der Waals surface area (Å²) in [5.74, 6) is -0.639. The van der Waals surface area contributed by atoms with E-state index in [9.17, 15) is 9.59 Å². The summed E-state index contributed by atoms with van der Waals surface area (Å²) in [5, 5.41) is 5.06. The predicted molar refractivity (Wildman–Crippen MR) is 110 cm³/mol. The van der Waals surface area contributed by atoms with Crippen LogP contribution in [0.5, 0.6) is 0 Å². The number of rotatable bonds is 4. The molecular weight excluding hydrogens is 356 g/mol. The van der Waals surface area contributed by atoms with Crippen molar-refractivity contribution in [3.63, 3.8) is 0 Å². The predicted octanol–water partition coefficient (Wildman–Crippen LogP) is 4.76. The fraction of sp³-hybridized carbons (Fsp3) is 0.0909. The van der Waals surface area contributed by atoms with Gasteiger partial charge >= 0.3 is 0 Å². The van der Waals surface area contributed by atoms with E-state index in [1.807, 2.05) is 79.9 Å². The van der Waals surface area contributed by atoms with Gasteiger partial charge in [-0.1, -0.05) is 30.3 Å². The highest BCUT2D eigenvalue weighted by Gasteiger charge is 2.40. The summed E-state index contributed by atoms with van der Waals surface area (Å²) in [5.41, 5.74) is 4.24. The molecule has 0 aliphatic carbocycles. The quantitative estimate of drug-likeness (QED) is 0.670. The van der Waals surface area contributed by atoms with Crippen LogP contribution in [0.4, 0.5) is 11.4 Å². The van der Waals surface area contributed by atoms with Gasteiger partial charge in [0.15, 0.2) is 0 Å². The summed E-state index contributed by atoms with van der Waals surface area (Å²) in [6.07, 6.45) is 0. The largest absolute Gasteiger partial charge is 0.350 e. The van der Waals surface area contributed by atoms with E-state index in [2.05, 4.69) is 5.32 Å². The Balaban J connectivity index is 1.80. The first-order chi connectivity index (χ1) is 13.1. The molecule has 5 heteroatoms. The molecule has 2 amide bonds. The smallest absolute Gasteiger partial charge is 0.282 e. The van der Waals surface area contributed by atoms with E-state index in [4.69, 9.17) is 0 Å². The number of carbonyl (C=O) groups is 2. The van der Waals surface area contributed by atoms with Gasteiger partial charge in [-0.05, 0) is 60.7 Å². The number of hydrogen-bond donors (Lipinski definition) is 1. The number of aryl methyl sites for hydroxylation is 2. The first-order valence-corrected chi connectivity index (χ1v) is 9.50. The normalized spacial score (nSPS) is 14.2. The number of anilines is 2. The van der Waals surface area contributed by atoms with E-state index < -0.39 is 0 Å². The Kier molecular flexibility index (Phi) is 4.38. The van der Waals surface area contributed by atoms with E-state index in [0.717, 1.165) is 21.7 Å². The van der Waals surface area contributed by atoms with Gasteiger partial charge in [-0.3, -0.25) is 9.59 Å². The minimum Gasteiger partial charge on any atom is -0.350 e. The fourth-order valence-electron chi connectivity index (χ4n) is 3.06. The molecule has 27 heavy (non-hydrogen) atoms. The van der Waals surface area contributed by atoms with Gasteiger partial charge in [-0.15, -0.1) is 11.3 Å². The summed E-state index contributed by atoms with van der Waals surface area (Å²) in [6, 6.07) is 18.8. The van der Waals surface area contributed by atoms with Crippen molar-refractivity contribution in [3.8, 4) is 0 Å². The van der Waals surface area contributed by atoms with Crippen LogP contribution >= 0.6 is 11.3 Å². The Hall–Kier alpha value is -3.18. The third-order valence-corrected chi connectivity index (χ3v) is 5.53. The van der Waals surface area contributed by atoms with Crippen LogP contribution in [0.1, 0.15) is 16.0 Å². The van der Waals surface area contributed by atoms with Gasteiger partial charge < -0.3 is 5.32 Å². The lowest BCUT2D eigenvalue weighted by Crippen LogP contribution is -2.32. The molecule has 3 aromatic rings. The lowest BCUT2D eigenvalue weighted by atomic mass is 10.1. The number of imide groups is 1. The van der Waals surface area contributed by atoms with Crippen LogP contribution in [0.3, 0.4) is 0 Å². The fourth-order valence-corrected chi connectivity index (χ4v) is 3.83. The summed E-state index contributed by atoms with van der Waals surface area (Å²) < 4.78 is 0. The van der Waals surface area contributed by atoms with Crippen LogP contribution in [-0.4, -0.2) is 11.8 Å². The van der Waals surface area contributed by atoms with E-state index in [1.54, 1.807) is 0 Å². The zero-order chi connectivity index (χ0) is 19.0. The summed E-state index contributed by atoms with van der Waals surface area (Å²) in [6.45, 7) is 3.98. The van der Waals surface area contributed by atoms with Crippen LogP contribution in [0.2, 0.25) is 0 Å².